The van der Waals surface area contributed by atoms with Crippen LogP contribution in [-0.2, 0) is 0 Å². The van der Waals surface area contributed by atoms with Gasteiger partial charge in [-0.3, -0.25) is 5.43 Å². The van der Waals surface area contributed by atoms with Crippen molar-refractivity contribution in [2.45, 2.75) is 0 Å². The molecule has 0 saturated heterocycles. The Morgan fingerprint density at radius 2 is 1.45 bits per heavy atom. The van der Waals surface area contributed by atoms with E-state index >= 15 is 0 Å². The van der Waals surface area contributed by atoms with E-state index in [1.54, 1.807) is 24.3 Å². The molecule has 3 aromatic rings. The van der Waals surface area contributed by atoms with E-state index in [2.05, 4.69) is 10.5 Å². The van der Waals surface area contributed by atoms with E-state index in [-0.39, 0.29) is 28.7 Å². The summed E-state index contributed by atoms with van der Waals surface area (Å²) >= 11 is 5.98. The number of hydrazine groups is 1. The van der Waals surface area contributed by atoms with E-state index in [1.807, 2.05) is 12.1 Å². The first-order chi connectivity index (χ1) is 13.9. The Hall–Kier alpha value is -3.84. The molecule has 0 unspecified atom stereocenters. The van der Waals surface area contributed by atoms with E-state index < -0.39 is 0 Å². The molecule has 3 aromatic carbocycles. The van der Waals surface area contributed by atoms with Gasteiger partial charge < -0.3 is 20.4 Å². The average molecular weight is 410 g/mol. The SMILES string of the molecule is Oc1ccc(C2=NN(c3ccc(O)cc3O)NC(c3ccc(Cl)cc3)=C2)c(O)c1. The van der Waals surface area contributed by atoms with Crippen LogP contribution < -0.4 is 10.5 Å². The first kappa shape index (κ1) is 18.5. The number of hydrogen-bond donors (Lipinski definition) is 5. The molecular weight excluding hydrogens is 394 g/mol. The minimum atomic E-state index is -0.187. The molecule has 0 amide bonds. The number of phenols is 4. The summed E-state index contributed by atoms with van der Waals surface area (Å²) in [7, 11) is 0. The minimum Gasteiger partial charge on any atom is -0.508 e. The number of allylic oxidation sites excluding steroid dienone is 1. The lowest BCUT2D eigenvalue weighted by Crippen LogP contribution is -2.36. The lowest BCUT2D eigenvalue weighted by atomic mass is 10.0. The van der Waals surface area contributed by atoms with Crippen LogP contribution in [0.5, 0.6) is 23.0 Å². The number of phenolic OH excluding ortho intramolecular Hbond substituents is 4. The highest BCUT2D eigenvalue weighted by Gasteiger charge is 2.21. The number of aromatic hydroxyl groups is 4. The predicted molar refractivity (Wildman–Crippen MR) is 111 cm³/mol. The molecule has 5 N–H and O–H groups in total. The highest BCUT2D eigenvalue weighted by Crippen LogP contribution is 2.33. The summed E-state index contributed by atoms with van der Waals surface area (Å²) in [6.45, 7) is 0. The number of anilines is 1. The maximum absolute atomic E-state index is 10.3. The maximum atomic E-state index is 10.3. The van der Waals surface area contributed by atoms with Crippen LogP contribution in [0.15, 0.2) is 71.8 Å². The van der Waals surface area contributed by atoms with Gasteiger partial charge in [0.25, 0.3) is 0 Å². The van der Waals surface area contributed by atoms with Crippen molar-refractivity contribution in [3.05, 3.63) is 82.9 Å². The molecule has 1 aliphatic rings. The zero-order valence-corrected chi connectivity index (χ0v) is 15.7. The van der Waals surface area contributed by atoms with E-state index in [4.69, 9.17) is 11.6 Å². The van der Waals surface area contributed by atoms with Gasteiger partial charge in [0, 0.05) is 22.7 Å². The van der Waals surface area contributed by atoms with Gasteiger partial charge in [0.15, 0.2) is 0 Å². The number of benzene rings is 3. The van der Waals surface area contributed by atoms with Gasteiger partial charge in [-0.2, -0.15) is 10.2 Å². The van der Waals surface area contributed by atoms with Crippen molar-refractivity contribution in [2.75, 3.05) is 5.12 Å². The molecule has 1 aliphatic heterocycles. The van der Waals surface area contributed by atoms with Gasteiger partial charge >= 0.3 is 0 Å². The fourth-order valence-electron chi connectivity index (χ4n) is 2.90. The predicted octanol–water partition coefficient (Wildman–Crippen LogP) is 3.93. The smallest absolute Gasteiger partial charge is 0.146 e. The van der Waals surface area contributed by atoms with Crippen LogP contribution in [-0.4, -0.2) is 26.1 Å². The van der Waals surface area contributed by atoms with Crippen LogP contribution >= 0.6 is 11.6 Å². The largest absolute Gasteiger partial charge is 0.508 e. The maximum Gasteiger partial charge on any atom is 0.146 e. The Bertz CT molecular complexity index is 1140. The van der Waals surface area contributed by atoms with Crippen LogP contribution in [0.25, 0.3) is 5.70 Å². The molecule has 0 aliphatic carbocycles. The summed E-state index contributed by atoms with van der Waals surface area (Å²) in [5.41, 5.74) is 5.58. The molecule has 0 fully saturated rings. The molecule has 4 rings (SSSR count). The Morgan fingerprint density at radius 3 is 2.10 bits per heavy atom. The summed E-state index contributed by atoms with van der Waals surface area (Å²) < 4.78 is 0. The number of nitrogens with zero attached hydrogens (tertiary/aromatic N) is 2. The van der Waals surface area contributed by atoms with Gasteiger partial charge in [-0.05, 0) is 48.0 Å². The number of halogens is 1. The molecule has 8 heteroatoms. The van der Waals surface area contributed by atoms with Crippen molar-refractivity contribution >= 4 is 28.7 Å². The third-order valence-corrected chi connectivity index (χ3v) is 4.57. The van der Waals surface area contributed by atoms with Gasteiger partial charge in [0.05, 0.1) is 11.4 Å². The van der Waals surface area contributed by atoms with Gasteiger partial charge in [0.2, 0.25) is 0 Å². The molecule has 0 aromatic heterocycles. The Balaban J connectivity index is 1.84. The normalized spacial score (nSPS) is 13.5. The number of nitrogens with one attached hydrogen (secondary N) is 1. The Morgan fingerprint density at radius 1 is 0.793 bits per heavy atom. The summed E-state index contributed by atoms with van der Waals surface area (Å²) in [4.78, 5) is 0. The third kappa shape index (κ3) is 3.76. The highest BCUT2D eigenvalue weighted by molar-refractivity contribution is 6.30. The molecule has 1 heterocycles. The lowest BCUT2D eigenvalue weighted by molar-refractivity contribution is 0.449. The molecule has 0 bridgehead atoms. The molecule has 0 spiro atoms. The highest BCUT2D eigenvalue weighted by atomic mass is 35.5. The number of rotatable bonds is 3. The van der Waals surface area contributed by atoms with E-state index in [9.17, 15) is 20.4 Å². The summed E-state index contributed by atoms with van der Waals surface area (Å²) in [5.74, 6) is -0.493. The van der Waals surface area contributed by atoms with Crippen LogP contribution in [0.2, 0.25) is 5.02 Å². The minimum absolute atomic E-state index is 0.0734. The molecule has 29 heavy (non-hydrogen) atoms. The second kappa shape index (κ2) is 7.29. The summed E-state index contributed by atoms with van der Waals surface area (Å²) in [6, 6.07) is 15.4. The average Bonchev–Trinajstić information content (AvgIpc) is 2.68. The van der Waals surface area contributed by atoms with E-state index in [0.29, 0.717) is 22.0 Å². The van der Waals surface area contributed by atoms with Crippen molar-refractivity contribution in [3.8, 4) is 23.0 Å². The van der Waals surface area contributed by atoms with Gasteiger partial charge in [0.1, 0.15) is 28.7 Å². The van der Waals surface area contributed by atoms with Crippen LogP contribution in [0, 0.1) is 0 Å². The molecule has 146 valence electrons. The van der Waals surface area contributed by atoms with E-state index in [1.165, 1.54) is 35.4 Å². The fraction of sp³-hybridized carbons (Fsp3) is 0. The van der Waals surface area contributed by atoms with Crippen LogP contribution in [0.3, 0.4) is 0 Å². The quantitative estimate of drug-likeness (QED) is 0.448. The van der Waals surface area contributed by atoms with Gasteiger partial charge in [-0.1, -0.05) is 23.7 Å². The second-order valence-corrected chi connectivity index (χ2v) is 6.78. The lowest BCUT2D eigenvalue weighted by Gasteiger charge is -2.28. The molecule has 0 radical (unpaired) electrons. The van der Waals surface area contributed by atoms with E-state index in [0.717, 1.165) is 5.56 Å². The molecular formula is C21H16ClN3O4. The van der Waals surface area contributed by atoms with Crippen molar-refractivity contribution < 1.29 is 20.4 Å². The van der Waals surface area contributed by atoms with Crippen molar-refractivity contribution in [2.24, 2.45) is 5.10 Å². The number of hydrogen-bond acceptors (Lipinski definition) is 7. The van der Waals surface area contributed by atoms with Crippen molar-refractivity contribution in [1.29, 1.82) is 0 Å². The number of hydrazone groups is 1. The van der Waals surface area contributed by atoms with Crippen molar-refractivity contribution in [1.82, 2.24) is 5.43 Å². The summed E-state index contributed by atoms with van der Waals surface area (Å²) in [5, 5.41) is 46.0. The monoisotopic (exact) mass is 409 g/mol. The zero-order valence-electron chi connectivity index (χ0n) is 14.9. The Labute approximate surface area is 171 Å². The van der Waals surface area contributed by atoms with Crippen LogP contribution in [0.4, 0.5) is 5.69 Å². The fourth-order valence-corrected chi connectivity index (χ4v) is 3.02. The summed E-state index contributed by atoms with van der Waals surface area (Å²) in [6.07, 6.45) is 1.73. The van der Waals surface area contributed by atoms with Gasteiger partial charge in [-0.25, -0.2) is 0 Å². The third-order valence-electron chi connectivity index (χ3n) is 4.31. The second-order valence-electron chi connectivity index (χ2n) is 6.35. The van der Waals surface area contributed by atoms with Crippen molar-refractivity contribution in [3.63, 3.8) is 0 Å². The molecule has 7 nitrogen and oxygen atoms in total. The first-order valence-electron chi connectivity index (χ1n) is 8.58. The molecule has 0 atom stereocenters. The van der Waals surface area contributed by atoms with Crippen LogP contribution in [0.1, 0.15) is 11.1 Å². The van der Waals surface area contributed by atoms with Gasteiger partial charge in [-0.15, -0.1) is 0 Å². The topological polar surface area (TPSA) is 109 Å². The Kier molecular flexibility index (Phi) is 4.66. The first-order valence-corrected chi connectivity index (χ1v) is 8.96. The standard InChI is InChI=1S/C21H16ClN3O4/c22-13-3-1-12(2-4-13)17-11-18(16-7-5-14(26)9-20(16)28)24-25(23-17)19-8-6-15(27)10-21(19)29/h1-11,23,26-29H. The molecule has 0 saturated carbocycles. The zero-order chi connectivity index (χ0) is 20.5.